The molecule has 0 aliphatic carbocycles. The largest absolute Gasteiger partial charge is 0.387 e. The molecule has 0 saturated heterocycles. The highest BCUT2D eigenvalue weighted by molar-refractivity contribution is 9.10. The van der Waals surface area contributed by atoms with Crippen LogP contribution in [0.5, 0.6) is 0 Å². The fourth-order valence-electron chi connectivity index (χ4n) is 1.81. The van der Waals surface area contributed by atoms with Crippen LogP contribution in [0, 0.1) is 0 Å². The number of aryl methyl sites for hydroxylation is 1. The summed E-state index contributed by atoms with van der Waals surface area (Å²) in [5.74, 6) is -0.102. The van der Waals surface area contributed by atoms with Crippen molar-refractivity contribution in [3.05, 3.63) is 44.8 Å². The van der Waals surface area contributed by atoms with Gasteiger partial charge < -0.3 is 15.0 Å². The maximum Gasteiger partial charge on any atom is 0.261 e. The molecule has 0 aromatic carbocycles. The minimum absolute atomic E-state index is 0.102. The third-order valence-corrected chi connectivity index (χ3v) is 4.51. The van der Waals surface area contributed by atoms with Crippen LogP contribution in [0.1, 0.15) is 27.9 Å². The van der Waals surface area contributed by atoms with Gasteiger partial charge in [0, 0.05) is 35.3 Å². The molecule has 0 fully saturated rings. The number of hydrogen-bond acceptors (Lipinski definition) is 3. The predicted octanol–water partition coefficient (Wildman–Crippen LogP) is 2.70. The third kappa shape index (κ3) is 3.68. The van der Waals surface area contributed by atoms with Crippen molar-refractivity contribution in [3.63, 3.8) is 0 Å². The van der Waals surface area contributed by atoms with Crippen molar-refractivity contribution < 1.29 is 9.90 Å². The van der Waals surface area contributed by atoms with E-state index in [9.17, 15) is 9.90 Å². The first-order valence-electron chi connectivity index (χ1n) is 5.89. The van der Waals surface area contributed by atoms with Gasteiger partial charge in [0.2, 0.25) is 0 Å². The van der Waals surface area contributed by atoms with Crippen LogP contribution in [0.25, 0.3) is 0 Å². The molecule has 1 atom stereocenters. The second kappa shape index (κ2) is 6.36. The monoisotopic (exact) mass is 342 g/mol. The van der Waals surface area contributed by atoms with Gasteiger partial charge in [-0.1, -0.05) is 0 Å². The minimum Gasteiger partial charge on any atom is -0.387 e. The maximum absolute atomic E-state index is 11.8. The first kappa shape index (κ1) is 14.3. The summed E-state index contributed by atoms with van der Waals surface area (Å²) in [4.78, 5) is 12.5. The summed E-state index contributed by atoms with van der Waals surface area (Å²) in [6.45, 7) is 0.445. The molecule has 1 amide bonds. The van der Waals surface area contributed by atoms with Gasteiger partial charge in [-0.25, -0.2) is 0 Å². The summed E-state index contributed by atoms with van der Waals surface area (Å²) >= 11 is 4.70. The molecule has 2 aromatic rings. The first-order chi connectivity index (χ1) is 9.08. The van der Waals surface area contributed by atoms with Crippen LogP contribution < -0.4 is 5.32 Å². The van der Waals surface area contributed by atoms with Gasteiger partial charge in [0.25, 0.3) is 5.91 Å². The van der Waals surface area contributed by atoms with Gasteiger partial charge in [-0.15, -0.1) is 11.3 Å². The Morgan fingerprint density at radius 1 is 1.63 bits per heavy atom. The van der Waals surface area contributed by atoms with E-state index in [-0.39, 0.29) is 5.91 Å². The number of carbonyl (C=O) groups excluding carboxylic acids is 1. The van der Waals surface area contributed by atoms with Crippen LogP contribution in [0.2, 0.25) is 0 Å². The zero-order chi connectivity index (χ0) is 13.8. The smallest absolute Gasteiger partial charge is 0.261 e. The van der Waals surface area contributed by atoms with Crippen molar-refractivity contribution in [2.24, 2.45) is 7.05 Å². The Hall–Kier alpha value is -1.11. The lowest BCUT2D eigenvalue weighted by molar-refractivity contribution is 0.0945. The number of aliphatic hydroxyl groups is 1. The van der Waals surface area contributed by atoms with Crippen molar-refractivity contribution in [3.8, 4) is 0 Å². The summed E-state index contributed by atoms with van der Waals surface area (Å²) in [7, 11) is 1.89. The lowest BCUT2D eigenvalue weighted by Gasteiger charge is -2.12. The van der Waals surface area contributed by atoms with Gasteiger partial charge in [0.15, 0.2) is 0 Å². The van der Waals surface area contributed by atoms with Gasteiger partial charge in [0.05, 0.1) is 11.0 Å². The van der Waals surface area contributed by atoms with Crippen molar-refractivity contribution in [2.75, 3.05) is 6.54 Å². The molecule has 0 radical (unpaired) electrons. The molecule has 0 spiro atoms. The molecule has 0 unspecified atom stereocenters. The molecule has 0 aliphatic rings. The number of amides is 1. The SMILES string of the molecule is Cn1cccc1[C@@H](O)CCNC(=O)c1cc(Br)cs1. The van der Waals surface area contributed by atoms with E-state index in [0.29, 0.717) is 17.8 Å². The summed E-state index contributed by atoms with van der Waals surface area (Å²) in [6.07, 6.45) is 1.83. The fourth-order valence-corrected chi connectivity index (χ4v) is 3.15. The maximum atomic E-state index is 11.8. The van der Waals surface area contributed by atoms with Gasteiger partial charge in [0.1, 0.15) is 0 Å². The number of carbonyl (C=O) groups is 1. The molecule has 2 heterocycles. The molecular formula is C13H15BrN2O2S. The minimum atomic E-state index is -0.560. The molecule has 2 rings (SSSR count). The predicted molar refractivity (Wildman–Crippen MR) is 79.3 cm³/mol. The number of nitrogens with zero attached hydrogens (tertiary/aromatic N) is 1. The highest BCUT2D eigenvalue weighted by atomic mass is 79.9. The highest BCUT2D eigenvalue weighted by Crippen LogP contribution is 2.20. The van der Waals surface area contributed by atoms with E-state index < -0.39 is 6.10 Å². The number of nitrogens with one attached hydrogen (secondary N) is 1. The van der Waals surface area contributed by atoms with E-state index in [0.717, 1.165) is 10.2 Å². The Bertz CT molecular complexity index is 564. The fraction of sp³-hybridized carbons (Fsp3) is 0.308. The second-order valence-corrected chi connectivity index (χ2v) is 6.06. The Kier molecular flexibility index (Phi) is 4.79. The van der Waals surface area contributed by atoms with Crippen LogP contribution in [-0.4, -0.2) is 22.1 Å². The molecule has 0 bridgehead atoms. The lowest BCUT2D eigenvalue weighted by atomic mass is 10.2. The lowest BCUT2D eigenvalue weighted by Crippen LogP contribution is -2.25. The number of thiophene rings is 1. The third-order valence-electron chi connectivity index (χ3n) is 2.82. The van der Waals surface area contributed by atoms with Crippen molar-refractivity contribution in [1.82, 2.24) is 9.88 Å². The standard InChI is InChI=1S/C13H15BrN2O2S/c1-16-6-2-3-10(16)11(17)4-5-15-13(18)12-7-9(14)8-19-12/h2-3,6-8,11,17H,4-5H2,1H3,(H,15,18)/t11-/m0/s1. The molecule has 4 nitrogen and oxygen atoms in total. The zero-order valence-electron chi connectivity index (χ0n) is 10.5. The molecule has 0 saturated carbocycles. The van der Waals surface area contributed by atoms with Crippen LogP contribution in [0.15, 0.2) is 34.2 Å². The van der Waals surface area contributed by atoms with E-state index in [2.05, 4.69) is 21.2 Å². The van der Waals surface area contributed by atoms with Crippen LogP contribution >= 0.6 is 27.3 Å². The normalized spacial score (nSPS) is 12.4. The van der Waals surface area contributed by atoms with Gasteiger partial charge in [-0.2, -0.15) is 0 Å². The van der Waals surface area contributed by atoms with Gasteiger partial charge in [-0.3, -0.25) is 4.79 Å². The average molecular weight is 343 g/mol. The van der Waals surface area contributed by atoms with E-state index in [1.165, 1.54) is 11.3 Å². The Morgan fingerprint density at radius 3 is 3.00 bits per heavy atom. The number of halogens is 1. The topological polar surface area (TPSA) is 54.3 Å². The summed E-state index contributed by atoms with van der Waals surface area (Å²) in [5.41, 5.74) is 0.855. The average Bonchev–Trinajstić information content (AvgIpc) is 2.97. The summed E-state index contributed by atoms with van der Waals surface area (Å²) < 4.78 is 2.79. The van der Waals surface area contributed by atoms with Gasteiger partial charge >= 0.3 is 0 Å². The summed E-state index contributed by atoms with van der Waals surface area (Å²) in [6, 6.07) is 5.55. The van der Waals surface area contributed by atoms with Crippen LogP contribution in [0.4, 0.5) is 0 Å². The van der Waals surface area contributed by atoms with E-state index in [1.807, 2.05) is 35.3 Å². The van der Waals surface area contributed by atoms with E-state index in [4.69, 9.17) is 0 Å². The number of aromatic nitrogens is 1. The molecular weight excluding hydrogens is 328 g/mol. The molecule has 0 aliphatic heterocycles. The van der Waals surface area contributed by atoms with Crippen molar-refractivity contribution in [2.45, 2.75) is 12.5 Å². The summed E-state index contributed by atoms with van der Waals surface area (Å²) in [5, 5.41) is 14.7. The van der Waals surface area contributed by atoms with E-state index >= 15 is 0 Å². The van der Waals surface area contributed by atoms with Crippen molar-refractivity contribution >= 4 is 33.2 Å². The van der Waals surface area contributed by atoms with Crippen molar-refractivity contribution in [1.29, 1.82) is 0 Å². The highest BCUT2D eigenvalue weighted by Gasteiger charge is 2.12. The molecule has 2 N–H and O–H groups in total. The number of rotatable bonds is 5. The Morgan fingerprint density at radius 2 is 2.42 bits per heavy atom. The zero-order valence-corrected chi connectivity index (χ0v) is 12.9. The Labute approximate surface area is 124 Å². The molecule has 102 valence electrons. The van der Waals surface area contributed by atoms with Crippen LogP contribution in [-0.2, 0) is 7.05 Å². The number of aliphatic hydroxyl groups excluding tert-OH is 1. The molecule has 6 heteroatoms. The number of hydrogen-bond donors (Lipinski definition) is 2. The second-order valence-electron chi connectivity index (χ2n) is 4.23. The Balaban J connectivity index is 1.81. The molecule has 2 aromatic heterocycles. The van der Waals surface area contributed by atoms with E-state index in [1.54, 1.807) is 6.07 Å². The molecule has 19 heavy (non-hydrogen) atoms. The van der Waals surface area contributed by atoms with Gasteiger partial charge in [-0.05, 0) is 40.5 Å². The quantitative estimate of drug-likeness (QED) is 0.877. The first-order valence-corrected chi connectivity index (χ1v) is 7.56. The van der Waals surface area contributed by atoms with Crippen LogP contribution in [0.3, 0.4) is 0 Å².